The van der Waals surface area contributed by atoms with Crippen molar-refractivity contribution in [1.29, 1.82) is 0 Å². The van der Waals surface area contributed by atoms with E-state index < -0.39 is 15.9 Å². The first-order valence-corrected chi connectivity index (χ1v) is 12.0. The number of anilines is 1. The highest BCUT2D eigenvalue weighted by Crippen LogP contribution is 2.36. The summed E-state index contributed by atoms with van der Waals surface area (Å²) in [6, 6.07) is 10.4. The Hall–Kier alpha value is -2.60. The molecule has 1 aromatic heterocycles. The molecular weight excluding hydrogens is 398 g/mol. The molecule has 4 rings (SSSR count). The molecule has 1 heterocycles. The third kappa shape index (κ3) is 3.54. The molecule has 5 nitrogen and oxygen atoms in total. The lowest BCUT2D eigenvalue weighted by Crippen LogP contribution is -2.37. The third-order valence-electron chi connectivity index (χ3n) is 5.71. The van der Waals surface area contributed by atoms with Gasteiger partial charge >= 0.3 is 0 Å². The van der Waals surface area contributed by atoms with E-state index >= 15 is 0 Å². The number of nitrogens with zero attached hydrogens (tertiary/aromatic N) is 1. The predicted molar refractivity (Wildman–Crippen MR) is 118 cm³/mol. The van der Waals surface area contributed by atoms with Crippen LogP contribution in [0, 0.1) is 13.8 Å². The lowest BCUT2D eigenvalue weighted by molar-refractivity contribution is -0.117. The van der Waals surface area contributed by atoms with E-state index in [0.717, 1.165) is 57.8 Å². The Bertz CT molecular complexity index is 1220. The van der Waals surface area contributed by atoms with Crippen molar-refractivity contribution < 1.29 is 17.6 Å². The van der Waals surface area contributed by atoms with E-state index in [1.165, 1.54) is 0 Å². The average Bonchev–Trinajstić information content (AvgIpc) is 3.06. The van der Waals surface area contributed by atoms with Crippen LogP contribution in [0.25, 0.3) is 11.0 Å². The zero-order valence-electron chi connectivity index (χ0n) is 17.7. The largest absolute Gasteiger partial charge is 0.461 e. The molecule has 0 spiro atoms. The summed E-state index contributed by atoms with van der Waals surface area (Å²) in [5.41, 5.74) is 3.87. The summed E-state index contributed by atoms with van der Waals surface area (Å²) in [5, 5.41) is 0.910. The van der Waals surface area contributed by atoms with Crippen molar-refractivity contribution in [1.82, 2.24) is 0 Å². The van der Waals surface area contributed by atoms with Crippen molar-refractivity contribution in [3.63, 3.8) is 0 Å². The summed E-state index contributed by atoms with van der Waals surface area (Å²) in [4.78, 5) is 13.2. The maximum absolute atomic E-state index is 13.6. The summed E-state index contributed by atoms with van der Waals surface area (Å²) < 4.78 is 34.2. The fourth-order valence-electron chi connectivity index (χ4n) is 4.30. The van der Waals surface area contributed by atoms with Crippen molar-refractivity contribution in [2.45, 2.75) is 64.2 Å². The van der Waals surface area contributed by atoms with Crippen LogP contribution in [0.5, 0.6) is 0 Å². The highest BCUT2D eigenvalue weighted by Gasteiger charge is 2.32. The summed E-state index contributed by atoms with van der Waals surface area (Å²) >= 11 is 0. The SMILES string of the molecule is CCCC(=O)N(c1ccc2oc3c(c2c1)CCCC3)S(=O)(=O)c1ccc(C)cc1C. The number of furan rings is 1. The monoisotopic (exact) mass is 425 g/mol. The first-order valence-electron chi connectivity index (χ1n) is 10.5. The van der Waals surface area contributed by atoms with E-state index in [0.29, 0.717) is 17.7 Å². The number of sulfonamides is 1. The van der Waals surface area contributed by atoms with E-state index in [2.05, 4.69) is 0 Å². The van der Waals surface area contributed by atoms with Gasteiger partial charge in [-0.15, -0.1) is 0 Å². The van der Waals surface area contributed by atoms with Crippen LogP contribution in [0.4, 0.5) is 5.69 Å². The Morgan fingerprint density at radius 2 is 1.83 bits per heavy atom. The van der Waals surface area contributed by atoms with Crippen LogP contribution in [0.1, 0.15) is 55.1 Å². The maximum atomic E-state index is 13.6. The number of fused-ring (bicyclic) bond motifs is 3. The van der Waals surface area contributed by atoms with E-state index in [4.69, 9.17) is 4.42 Å². The summed E-state index contributed by atoms with van der Waals surface area (Å²) in [7, 11) is -4.04. The Balaban J connectivity index is 1.88. The first-order chi connectivity index (χ1) is 14.3. The second-order valence-corrected chi connectivity index (χ2v) is 9.83. The van der Waals surface area contributed by atoms with Crippen LogP contribution in [0.15, 0.2) is 45.7 Å². The maximum Gasteiger partial charge on any atom is 0.271 e. The van der Waals surface area contributed by atoms with Gasteiger partial charge in [0.05, 0.1) is 10.6 Å². The number of carbonyl (C=O) groups excluding carboxylic acids is 1. The normalized spacial score (nSPS) is 14.0. The molecule has 30 heavy (non-hydrogen) atoms. The number of benzene rings is 2. The summed E-state index contributed by atoms with van der Waals surface area (Å²) in [6.07, 6.45) is 4.73. The molecule has 0 atom stereocenters. The Kier molecular flexibility index (Phi) is 5.45. The van der Waals surface area contributed by atoms with Crippen molar-refractivity contribution in [2.75, 3.05) is 4.31 Å². The molecule has 0 fully saturated rings. The van der Waals surface area contributed by atoms with E-state index in [1.54, 1.807) is 37.3 Å². The molecule has 0 aliphatic heterocycles. The van der Waals surface area contributed by atoms with Gasteiger partial charge in [0.25, 0.3) is 10.0 Å². The molecule has 158 valence electrons. The van der Waals surface area contributed by atoms with Gasteiger partial charge in [0.1, 0.15) is 11.3 Å². The molecule has 0 N–H and O–H groups in total. The molecule has 6 heteroatoms. The topological polar surface area (TPSA) is 67.6 Å². The van der Waals surface area contributed by atoms with Gasteiger partial charge in [0, 0.05) is 23.8 Å². The lowest BCUT2D eigenvalue weighted by Gasteiger charge is -2.24. The number of hydrogen-bond acceptors (Lipinski definition) is 4. The van der Waals surface area contributed by atoms with Gasteiger partial charge in [-0.2, -0.15) is 0 Å². The molecule has 0 saturated carbocycles. The van der Waals surface area contributed by atoms with E-state index in [-0.39, 0.29) is 11.3 Å². The number of rotatable bonds is 5. The summed E-state index contributed by atoms with van der Waals surface area (Å²) in [6.45, 7) is 5.55. The minimum Gasteiger partial charge on any atom is -0.461 e. The number of amides is 1. The fourth-order valence-corrected chi connectivity index (χ4v) is 5.95. The Morgan fingerprint density at radius 1 is 1.07 bits per heavy atom. The molecule has 1 aliphatic rings. The van der Waals surface area contributed by atoms with E-state index in [9.17, 15) is 13.2 Å². The van der Waals surface area contributed by atoms with Gasteiger partial charge in [-0.1, -0.05) is 24.6 Å². The van der Waals surface area contributed by atoms with Crippen molar-refractivity contribution in [3.8, 4) is 0 Å². The standard InChI is InChI=1S/C24H27NO4S/c1-4-7-24(26)25(30(27,28)23-13-10-16(2)14-17(23)3)18-11-12-22-20(15-18)19-8-5-6-9-21(19)29-22/h10-15H,4-9H2,1-3H3. The molecule has 3 aromatic rings. The van der Waals surface area contributed by atoms with Gasteiger partial charge in [-0.05, 0) is 69.4 Å². The van der Waals surface area contributed by atoms with Crippen LogP contribution >= 0.6 is 0 Å². The quantitative estimate of drug-likeness (QED) is 0.545. The molecule has 1 amide bonds. The van der Waals surface area contributed by atoms with Crippen LogP contribution < -0.4 is 4.31 Å². The second-order valence-electron chi connectivity index (χ2n) is 8.07. The summed E-state index contributed by atoms with van der Waals surface area (Å²) in [5.74, 6) is 0.561. The minimum atomic E-state index is -4.04. The zero-order chi connectivity index (χ0) is 21.5. The van der Waals surface area contributed by atoms with Crippen LogP contribution in [-0.4, -0.2) is 14.3 Å². The molecule has 1 aliphatic carbocycles. The van der Waals surface area contributed by atoms with Crippen molar-refractivity contribution in [2.24, 2.45) is 0 Å². The average molecular weight is 426 g/mol. The predicted octanol–water partition coefficient (Wildman–Crippen LogP) is 5.45. The van der Waals surface area contributed by atoms with Crippen molar-refractivity contribution in [3.05, 3.63) is 58.8 Å². The van der Waals surface area contributed by atoms with E-state index in [1.807, 2.05) is 19.9 Å². The van der Waals surface area contributed by atoms with Crippen LogP contribution in [0.2, 0.25) is 0 Å². The van der Waals surface area contributed by atoms with Gasteiger partial charge in [0.15, 0.2) is 0 Å². The molecule has 0 saturated heterocycles. The van der Waals surface area contributed by atoms with Crippen LogP contribution in [0.3, 0.4) is 0 Å². The lowest BCUT2D eigenvalue weighted by atomic mass is 9.96. The fraction of sp³-hybridized carbons (Fsp3) is 0.375. The second kappa shape index (κ2) is 7.91. The van der Waals surface area contributed by atoms with Gasteiger partial charge in [-0.25, -0.2) is 12.7 Å². The zero-order valence-corrected chi connectivity index (χ0v) is 18.5. The highest BCUT2D eigenvalue weighted by atomic mass is 32.2. The van der Waals surface area contributed by atoms with Gasteiger partial charge in [-0.3, -0.25) is 4.79 Å². The highest BCUT2D eigenvalue weighted by molar-refractivity contribution is 7.93. The number of carbonyl (C=O) groups is 1. The molecule has 0 radical (unpaired) electrons. The Morgan fingerprint density at radius 3 is 2.57 bits per heavy atom. The first kappa shape index (κ1) is 20.7. The van der Waals surface area contributed by atoms with Gasteiger partial charge < -0.3 is 4.42 Å². The van der Waals surface area contributed by atoms with Crippen LogP contribution in [-0.2, 0) is 27.7 Å². The Labute approximate surface area is 177 Å². The smallest absolute Gasteiger partial charge is 0.271 e. The third-order valence-corrected chi connectivity index (χ3v) is 7.62. The van der Waals surface area contributed by atoms with Gasteiger partial charge in [0.2, 0.25) is 5.91 Å². The number of aryl methyl sites for hydroxylation is 4. The molecule has 0 bridgehead atoms. The van der Waals surface area contributed by atoms with Crippen molar-refractivity contribution >= 4 is 32.6 Å². The minimum absolute atomic E-state index is 0.158. The molecule has 2 aromatic carbocycles. The molecular formula is C24H27NO4S. The number of hydrogen-bond donors (Lipinski definition) is 0. The molecule has 0 unspecified atom stereocenters.